The van der Waals surface area contributed by atoms with E-state index in [2.05, 4.69) is 4.99 Å². The number of ketones is 1. The molecule has 0 unspecified atom stereocenters. The number of thiazole rings is 1. The van der Waals surface area contributed by atoms with Crippen molar-refractivity contribution in [3.63, 3.8) is 0 Å². The zero-order valence-electron chi connectivity index (χ0n) is 16.3. The Labute approximate surface area is 175 Å². The van der Waals surface area contributed by atoms with Crippen LogP contribution in [0.2, 0.25) is 0 Å². The monoisotopic (exact) mass is 426 g/mol. The number of Topliss-reactive ketones (excluding diaryl/α,β-unsaturated/α-hetero) is 1. The molecule has 0 bridgehead atoms. The predicted molar refractivity (Wildman–Crippen MR) is 109 cm³/mol. The fourth-order valence-corrected chi connectivity index (χ4v) is 4.13. The molecule has 1 amide bonds. The minimum Gasteiger partial charge on any atom is -0.469 e. The van der Waals surface area contributed by atoms with Crippen molar-refractivity contribution in [1.82, 2.24) is 4.57 Å². The first-order valence-electron chi connectivity index (χ1n) is 9.16. The van der Waals surface area contributed by atoms with Crippen LogP contribution in [0.4, 0.5) is 0 Å². The number of amides is 1. The summed E-state index contributed by atoms with van der Waals surface area (Å²) >= 11 is 1.31. The molecule has 0 atom stereocenters. The summed E-state index contributed by atoms with van der Waals surface area (Å²) in [5, 5.41) is 0. The third kappa shape index (κ3) is 3.84. The minimum atomic E-state index is -0.441. The van der Waals surface area contributed by atoms with Crippen LogP contribution < -0.4 is 14.3 Å². The van der Waals surface area contributed by atoms with Gasteiger partial charge in [-0.25, -0.2) is 0 Å². The topological polar surface area (TPSA) is 96.2 Å². The number of carbonyl (C=O) groups excluding carboxylic acids is 3. The molecule has 2 aromatic carbocycles. The van der Waals surface area contributed by atoms with Crippen molar-refractivity contribution in [3.8, 4) is 11.5 Å². The number of fused-ring (bicyclic) bond motifs is 2. The van der Waals surface area contributed by atoms with Gasteiger partial charge in [-0.3, -0.25) is 14.4 Å². The average Bonchev–Trinajstić information content (AvgIpc) is 3.33. The van der Waals surface area contributed by atoms with Gasteiger partial charge in [0.2, 0.25) is 6.79 Å². The van der Waals surface area contributed by atoms with Gasteiger partial charge in [-0.1, -0.05) is 23.5 Å². The van der Waals surface area contributed by atoms with Gasteiger partial charge in [0.15, 0.2) is 22.1 Å². The normalized spacial score (nSPS) is 12.9. The molecular formula is C21H18N2O6S. The highest BCUT2D eigenvalue weighted by Gasteiger charge is 2.18. The first kappa shape index (κ1) is 19.8. The van der Waals surface area contributed by atoms with Crippen LogP contribution in [-0.2, 0) is 16.1 Å². The first-order chi connectivity index (χ1) is 14.5. The predicted octanol–water partition coefficient (Wildman–Crippen LogP) is 2.94. The van der Waals surface area contributed by atoms with E-state index in [1.54, 1.807) is 28.8 Å². The molecule has 8 nitrogen and oxygen atoms in total. The summed E-state index contributed by atoms with van der Waals surface area (Å²) in [6.07, 6.45) is 0.130. The molecule has 1 aliphatic rings. The third-order valence-electron chi connectivity index (χ3n) is 4.68. The van der Waals surface area contributed by atoms with Gasteiger partial charge in [-0.2, -0.15) is 4.99 Å². The molecule has 30 heavy (non-hydrogen) atoms. The Morgan fingerprint density at radius 2 is 1.77 bits per heavy atom. The second kappa shape index (κ2) is 8.11. The summed E-state index contributed by atoms with van der Waals surface area (Å²) in [5.74, 6) is 0.350. The Bertz CT molecular complexity index is 1220. The molecule has 0 aliphatic carbocycles. The largest absolute Gasteiger partial charge is 0.469 e. The van der Waals surface area contributed by atoms with Crippen molar-refractivity contribution in [2.75, 3.05) is 13.9 Å². The van der Waals surface area contributed by atoms with Crippen LogP contribution in [0.1, 0.15) is 34.1 Å². The quantitative estimate of drug-likeness (QED) is 0.460. The van der Waals surface area contributed by atoms with Crippen LogP contribution in [0.15, 0.2) is 41.4 Å². The van der Waals surface area contributed by atoms with E-state index in [1.165, 1.54) is 25.4 Å². The molecule has 3 aromatic rings. The van der Waals surface area contributed by atoms with Crippen molar-refractivity contribution in [2.45, 2.75) is 19.9 Å². The van der Waals surface area contributed by atoms with E-state index in [9.17, 15) is 14.4 Å². The molecule has 1 aliphatic heterocycles. The van der Waals surface area contributed by atoms with E-state index >= 15 is 0 Å². The lowest BCUT2D eigenvalue weighted by Crippen LogP contribution is -2.19. The summed E-state index contributed by atoms with van der Waals surface area (Å²) < 4.78 is 18.3. The molecule has 0 spiro atoms. The number of esters is 1. The van der Waals surface area contributed by atoms with Gasteiger partial charge in [0, 0.05) is 29.8 Å². The van der Waals surface area contributed by atoms with Gasteiger partial charge in [-0.05, 0) is 19.1 Å². The van der Waals surface area contributed by atoms with Crippen molar-refractivity contribution in [2.24, 2.45) is 4.99 Å². The number of hydrogen-bond donors (Lipinski definition) is 0. The molecular weight excluding hydrogens is 408 g/mol. The van der Waals surface area contributed by atoms with Crippen molar-refractivity contribution in [3.05, 3.63) is 52.3 Å². The molecule has 154 valence electrons. The molecule has 9 heteroatoms. The van der Waals surface area contributed by atoms with Gasteiger partial charge in [0.25, 0.3) is 5.91 Å². The van der Waals surface area contributed by atoms with Gasteiger partial charge < -0.3 is 18.8 Å². The summed E-state index contributed by atoms with van der Waals surface area (Å²) in [4.78, 5) is 40.5. The lowest BCUT2D eigenvalue weighted by molar-refractivity contribution is -0.140. The Morgan fingerprint density at radius 3 is 2.43 bits per heavy atom. The number of carbonyl (C=O) groups is 3. The van der Waals surface area contributed by atoms with E-state index in [4.69, 9.17) is 14.2 Å². The van der Waals surface area contributed by atoms with Crippen LogP contribution in [0.25, 0.3) is 10.2 Å². The van der Waals surface area contributed by atoms with Crippen LogP contribution >= 0.6 is 11.3 Å². The van der Waals surface area contributed by atoms with Crippen LogP contribution in [0.3, 0.4) is 0 Å². The van der Waals surface area contributed by atoms with Crippen molar-refractivity contribution >= 4 is 39.2 Å². The van der Waals surface area contributed by atoms with E-state index in [1.807, 2.05) is 12.1 Å². The summed E-state index contributed by atoms with van der Waals surface area (Å²) in [6.45, 7) is 1.91. The maximum Gasteiger partial charge on any atom is 0.307 e. The van der Waals surface area contributed by atoms with Crippen LogP contribution in [0.5, 0.6) is 11.5 Å². The summed E-state index contributed by atoms with van der Waals surface area (Å²) in [5.41, 5.74) is 1.67. The maximum atomic E-state index is 12.7. The zero-order valence-corrected chi connectivity index (χ0v) is 17.2. The van der Waals surface area contributed by atoms with E-state index in [0.717, 1.165) is 10.2 Å². The smallest absolute Gasteiger partial charge is 0.307 e. The number of aromatic nitrogens is 1. The average molecular weight is 426 g/mol. The lowest BCUT2D eigenvalue weighted by Gasteiger charge is -2.05. The Hall–Kier alpha value is -3.46. The molecule has 4 rings (SSSR count). The molecule has 0 N–H and O–H groups in total. The van der Waals surface area contributed by atoms with Gasteiger partial charge in [0.05, 0.1) is 23.7 Å². The second-order valence-electron chi connectivity index (χ2n) is 6.59. The molecule has 0 fully saturated rings. The Balaban J connectivity index is 1.76. The summed E-state index contributed by atoms with van der Waals surface area (Å²) in [7, 11) is 1.33. The standard InChI is InChI=1S/C21H18N2O6S/c1-12(24)13-3-5-14(6-4-13)20(26)22-21-23(8-7-19(25)27-2)15-9-16-17(29-11-28-16)10-18(15)30-21/h3-6,9-10H,7-8,11H2,1-2H3. The zero-order chi connectivity index (χ0) is 21.3. The van der Waals surface area contributed by atoms with Gasteiger partial charge in [-0.15, -0.1) is 0 Å². The number of benzene rings is 2. The fourth-order valence-electron chi connectivity index (χ4n) is 3.07. The number of hydrogen-bond acceptors (Lipinski definition) is 7. The minimum absolute atomic E-state index is 0.0754. The lowest BCUT2D eigenvalue weighted by atomic mass is 10.1. The second-order valence-corrected chi connectivity index (χ2v) is 7.60. The van der Waals surface area contributed by atoms with Gasteiger partial charge in [0.1, 0.15) is 0 Å². The molecule has 0 saturated heterocycles. The highest BCUT2D eigenvalue weighted by atomic mass is 32.1. The number of methoxy groups -OCH3 is 1. The third-order valence-corrected chi connectivity index (χ3v) is 5.72. The fraction of sp³-hybridized carbons (Fsp3) is 0.238. The molecule has 0 saturated carbocycles. The Kier molecular flexibility index (Phi) is 5.37. The van der Waals surface area contributed by atoms with Gasteiger partial charge >= 0.3 is 5.97 Å². The number of aryl methyl sites for hydroxylation is 1. The van der Waals surface area contributed by atoms with Crippen molar-refractivity contribution in [1.29, 1.82) is 0 Å². The Morgan fingerprint density at radius 1 is 1.10 bits per heavy atom. The van der Waals surface area contributed by atoms with E-state index in [-0.39, 0.29) is 25.0 Å². The molecule has 0 radical (unpaired) electrons. The van der Waals surface area contributed by atoms with Crippen LogP contribution in [0, 0.1) is 0 Å². The van der Waals surface area contributed by atoms with E-state index in [0.29, 0.717) is 34.0 Å². The number of ether oxygens (including phenoxy) is 3. The molecule has 2 heterocycles. The number of rotatable bonds is 5. The van der Waals surface area contributed by atoms with E-state index < -0.39 is 5.91 Å². The van der Waals surface area contributed by atoms with Crippen LogP contribution in [-0.4, -0.2) is 36.1 Å². The highest BCUT2D eigenvalue weighted by Crippen LogP contribution is 2.37. The summed E-state index contributed by atoms with van der Waals surface area (Å²) in [6, 6.07) is 10.00. The SMILES string of the molecule is COC(=O)CCn1c(=NC(=O)c2ccc(C(C)=O)cc2)sc2cc3c(cc21)OCO3. The maximum absolute atomic E-state index is 12.7. The first-order valence-corrected chi connectivity index (χ1v) is 9.98. The van der Waals surface area contributed by atoms with Crippen molar-refractivity contribution < 1.29 is 28.6 Å². The number of nitrogens with zero attached hydrogens (tertiary/aromatic N) is 2. The molecule has 1 aromatic heterocycles. The highest BCUT2D eigenvalue weighted by molar-refractivity contribution is 7.16.